The second-order valence-corrected chi connectivity index (χ2v) is 10.5. The molecule has 1 aliphatic heterocycles. The summed E-state index contributed by atoms with van der Waals surface area (Å²) in [6.07, 6.45) is 4.46. The number of hydrogen-bond acceptors (Lipinski definition) is 5. The van der Waals surface area contributed by atoms with E-state index in [1.54, 1.807) is 0 Å². The Hall–Kier alpha value is -3.09. The summed E-state index contributed by atoms with van der Waals surface area (Å²) in [4.78, 5) is 21.2. The average molecular weight is 505 g/mol. The Bertz CT molecular complexity index is 1380. The van der Waals surface area contributed by atoms with Crippen LogP contribution in [0.3, 0.4) is 0 Å². The van der Waals surface area contributed by atoms with E-state index >= 15 is 0 Å². The van der Waals surface area contributed by atoms with Gasteiger partial charge in [-0.3, -0.25) is 4.79 Å². The summed E-state index contributed by atoms with van der Waals surface area (Å²) in [7, 11) is 0. The summed E-state index contributed by atoms with van der Waals surface area (Å²) in [5, 5.41) is 4.61. The number of fused-ring (bicyclic) bond motifs is 1. The number of anilines is 2. The lowest BCUT2D eigenvalue weighted by molar-refractivity contribution is 0.0959. The largest absolute Gasteiger partial charge is 0.397 e. The van der Waals surface area contributed by atoms with Gasteiger partial charge in [0, 0.05) is 47.0 Å². The fourth-order valence-electron chi connectivity index (χ4n) is 4.70. The Morgan fingerprint density at radius 1 is 1.11 bits per heavy atom. The van der Waals surface area contributed by atoms with Crippen LogP contribution < -0.4 is 16.0 Å². The molecule has 0 bridgehead atoms. The van der Waals surface area contributed by atoms with Crippen molar-refractivity contribution < 1.29 is 4.79 Å². The molecule has 1 fully saturated rings. The lowest BCUT2D eigenvalue weighted by atomic mass is 9.97. The van der Waals surface area contributed by atoms with Crippen molar-refractivity contribution in [3.8, 4) is 11.1 Å². The second-order valence-electron chi connectivity index (χ2n) is 9.07. The molecular formula is C28H29ClN4OS. The summed E-state index contributed by atoms with van der Waals surface area (Å²) < 4.78 is 0. The molecule has 2 aromatic carbocycles. The van der Waals surface area contributed by atoms with Gasteiger partial charge in [0.2, 0.25) is 0 Å². The number of pyridine rings is 1. The number of amides is 1. The molecule has 0 spiro atoms. The van der Waals surface area contributed by atoms with Crippen molar-refractivity contribution in [2.45, 2.75) is 32.6 Å². The highest BCUT2D eigenvalue weighted by atomic mass is 35.5. The summed E-state index contributed by atoms with van der Waals surface area (Å²) in [6, 6.07) is 18.5. The van der Waals surface area contributed by atoms with Crippen molar-refractivity contribution in [2.75, 3.05) is 30.3 Å². The van der Waals surface area contributed by atoms with Gasteiger partial charge in [-0.15, -0.1) is 11.3 Å². The molecular weight excluding hydrogens is 476 g/mol. The van der Waals surface area contributed by atoms with Crippen molar-refractivity contribution in [3.05, 3.63) is 75.8 Å². The number of benzene rings is 2. The Kier molecular flexibility index (Phi) is 6.93. The number of aromatic nitrogens is 1. The van der Waals surface area contributed by atoms with Gasteiger partial charge < -0.3 is 16.0 Å². The van der Waals surface area contributed by atoms with E-state index in [4.69, 9.17) is 17.3 Å². The lowest BCUT2D eigenvalue weighted by Crippen LogP contribution is -2.30. The van der Waals surface area contributed by atoms with E-state index in [2.05, 4.69) is 39.5 Å². The molecule has 3 heterocycles. The molecule has 1 amide bonds. The Morgan fingerprint density at radius 2 is 1.94 bits per heavy atom. The minimum absolute atomic E-state index is 0.150. The molecule has 1 aliphatic rings. The molecule has 0 saturated carbocycles. The number of carbonyl (C=O) groups excluding carboxylic acids is 1. The number of aryl methyl sites for hydroxylation is 1. The average Bonchev–Trinajstić information content (AvgIpc) is 3.20. The lowest BCUT2D eigenvalue weighted by Gasteiger charge is -2.31. The summed E-state index contributed by atoms with van der Waals surface area (Å²) >= 11 is 7.67. The third-order valence-corrected chi connectivity index (χ3v) is 7.88. The first-order chi connectivity index (χ1) is 17.0. The molecule has 0 unspecified atom stereocenters. The zero-order valence-electron chi connectivity index (χ0n) is 19.8. The van der Waals surface area contributed by atoms with Crippen molar-refractivity contribution in [2.24, 2.45) is 0 Å². The molecule has 1 saturated heterocycles. The van der Waals surface area contributed by atoms with Crippen LogP contribution in [0.5, 0.6) is 0 Å². The summed E-state index contributed by atoms with van der Waals surface area (Å²) in [6.45, 7) is 4.61. The normalized spacial score (nSPS) is 13.8. The number of carbonyl (C=O) groups is 1. The van der Waals surface area contributed by atoms with Crippen molar-refractivity contribution in [1.29, 1.82) is 0 Å². The van der Waals surface area contributed by atoms with Gasteiger partial charge in [-0.05, 0) is 80.1 Å². The summed E-state index contributed by atoms with van der Waals surface area (Å²) in [5.74, 6) is -0.150. The van der Waals surface area contributed by atoms with Crippen LogP contribution in [0.25, 0.3) is 21.3 Å². The van der Waals surface area contributed by atoms with Gasteiger partial charge in [-0.2, -0.15) is 0 Å². The number of hydrogen-bond donors (Lipinski definition) is 2. The molecule has 0 radical (unpaired) electrons. The predicted octanol–water partition coefficient (Wildman–Crippen LogP) is 6.47. The third kappa shape index (κ3) is 5.14. The Labute approximate surface area is 214 Å². The first-order valence-corrected chi connectivity index (χ1v) is 13.3. The van der Waals surface area contributed by atoms with Crippen LogP contribution in [-0.4, -0.2) is 30.5 Å². The van der Waals surface area contributed by atoms with E-state index in [0.717, 1.165) is 46.0 Å². The number of thiophene rings is 1. The SMILES string of the molecule is Cc1ccc2c(N)c(C(=O)NCCc3ccc(N4CCCCC4)c(-c4cccc(Cl)c4)c3)sc2n1. The maximum absolute atomic E-state index is 12.9. The number of nitrogens with two attached hydrogens (primary N) is 1. The van der Waals surface area contributed by atoms with Crippen LogP contribution in [0.4, 0.5) is 11.4 Å². The minimum atomic E-state index is -0.150. The fraction of sp³-hybridized carbons (Fsp3) is 0.286. The van der Waals surface area contributed by atoms with Crippen LogP contribution >= 0.6 is 22.9 Å². The first kappa shape index (κ1) is 23.6. The van der Waals surface area contributed by atoms with E-state index < -0.39 is 0 Å². The third-order valence-electron chi connectivity index (χ3n) is 6.53. The van der Waals surface area contributed by atoms with Gasteiger partial charge in [0.05, 0.1) is 5.69 Å². The van der Waals surface area contributed by atoms with E-state index in [1.165, 1.54) is 47.4 Å². The molecule has 7 heteroatoms. The van der Waals surface area contributed by atoms with Gasteiger partial charge >= 0.3 is 0 Å². The van der Waals surface area contributed by atoms with Gasteiger partial charge in [0.15, 0.2) is 0 Å². The molecule has 4 aromatic rings. The van der Waals surface area contributed by atoms with Gasteiger partial charge in [0.25, 0.3) is 5.91 Å². The van der Waals surface area contributed by atoms with Crippen molar-refractivity contribution in [3.63, 3.8) is 0 Å². The number of rotatable bonds is 6. The molecule has 35 heavy (non-hydrogen) atoms. The molecule has 3 N–H and O–H groups in total. The number of nitrogens with zero attached hydrogens (tertiary/aromatic N) is 2. The molecule has 2 aromatic heterocycles. The predicted molar refractivity (Wildman–Crippen MR) is 148 cm³/mol. The van der Waals surface area contributed by atoms with Crippen LogP contribution in [0.15, 0.2) is 54.6 Å². The first-order valence-electron chi connectivity index (χ1n) is 12.1. The number of halogens is 1. The quantitative estimate of drug-likeness (QED) is 0.315. The number of nitrogen functional groups attached to an aromatic ring is 1. The van der Waals surface area contributed by atoms with E-state index in [1.807, 2.05) is 37.3 Å². The van der Waals surface area contributed by atoms with Crippen molar-refractivity contribution >= 4 is 50.4 Å². The molecule has 5 nitrogen and oxygen atoms in total. The maximum Gasteiger partial charge on any atom is 0.263 e. The van der Waals surface area contributed by atoms with Crippen LogP contribution in [0, 0.1) is 6.92 Å². The molecule has 5 rings (SSSR count). The highest BCUT2D eigenvalue weighted by Crippen LogP contribution is 2.35. The second kappa shape index (κ2) is 10.3. The van der Waals surface area contributed by atoms with E-state index in [-0.39, 0.29) is 5.91 Å². The maximum atomic E-state index is 12.9. The van der Waals surface area contributed by atoms with Gasteiger partial charge in [-0.25, -0.2) is 4.98 Å². The van der Waals surface area contributed by atoms with Crippen molar-refractivity contribution in [1.82, 2.24) is 10.3 Å². The zero-order valence-corrected chi connectivity index (χ0v) is 21.4. The molecule has 0 aliphatic carbocycles. The highest BCUT2D eigenvalue weighted by Gasteiger charge is 2.18. The minimum Gasteiger partial charge on any atom is -0.397 e. The molecule has 180 valence electrons. The highest BCUT2D eigenvalue weighted by molar-refractivity contribution is 7.21. The topological polar surface area (TPSA) is 71.2 Å². The van der Waals surface area contributed by atoms with E-state index in [0.29, 0.717) is 17.1 Å². The van der Waals surface area contributed by atoms with Gasteiger partial charge in [0.1, 0.15) is 9.71 Å². The number of piperidine rings is 1. The van der Waals surface area contributed by atoms with Crippen LogP contribution in [0.2, 0.25) is 5.02 Å². The monoisotopic (exact) mass is 504 g/mol. The van der Waals surface area contributed by atoms with Gasteiger partial charge in [-0.1, -0.05) is 29.8 Å². The molecule has 0 atom stereocenters. The van der Waals surface area contributed by atoms with Crippen LogP contribution in [-0.2, 0) is 6.42 Å². The fourth-order valence-corrected chi connectivity index (χ4v) is 5.94. The van der Waals surface area contributed by atoms with Crippen LogP contribution in [0.1, 0.15) is 40.2 Å². The standard InChI is InChI=1S/C28H29ClN4OS/c1-18-8-10-22-25(30)26(35-28(22)32-18)27(34)31-13-12-19-9-11-24(33-14-3-2-4-15-33)23(16-19)20-6-5-7-21(29)17-20/h5-11,16-17H,2-4,12-15,30H2,1H3,(H,31,34). The van der Waals surface area contributed by atoms with E-state index in [9.17, 15) is 4.79 Å². The smallest absolute Gasteiger partial charge is 0.263 e. The zero-order chi connectivity index (χ0) is 24.4. The summed E-state index contributed by atoms with van der Waals surface area (Å²) in [5.41, 5.74) is 12.4. The Balaban J connectivity index is 1.33. The number of nitrogens with one attached hydrogen (secondary N) is 1. The Morgan fingerprint density at radius 3 is 2.74 bits per heavy atom.